The fourth-order valence-electron chi connectivity index (χ4n) is 3.40. The van der Waals surface area contributed by atoms with Gasteiger partial charge in [-0.2, -0.15) is 0 Å². The molecule has 0 fully saturated rings. The molecule has 1 aromatic heterocycles. The normalized spacial score (nSPS) is 11.7. The quantitative estimate of drug-likeness (QED) is 0.293. The lowest BCUT2D eigenvalue weighted by Crippen LogP contribution is -2.33. The first-order valence-electron chi connectivity index (χ1n) is 11.4. The summed E-state index contributed by atoms with van der Waals surface area (Å²) in [5.41, 5.74) is 2.59. The smallest absolute Gasteiger partial charge is 0.310 e. The summed E-state index contributed by atoms with van der Waals surface area (Å²) in [5.74, 6) is 0.239. The van der Waals surface area contributed by atoms with Crippen molar-refractivity contribution in [3.63, 3.8) is 0 Å². The lowest BCUT2D eigenvalue weighted by molar-refractivity contribution is -0.145. The van der Waals surface area contributed by atoms with E-state index in [1.807, 2.05) is 67.8 Å². The van der Waals surface area contributed by atoms with Gasteiger partial charge < -0.3 is 19.5 Å². The highest BCUT2D eigenvalue weighted by molar-refractivity contribution is 7.09. The Kier molecular flexibility index (Phi) is 9.86. The number of nitrogens with one attached hydrogen (secondary N) is 1. The number of hydrogen-bond donors (Lipinski definition) is 1. The van der Waals surface area contributed by atoms with Gasteiger partial charge in [-0.3, -0.25) is 9.59 Å². The summed E-state index contributed by atoms with van der Waals surface area (Å²) in [7, 11) is 1.35. The minimum absolute atomic E-state index is 0.157. The summed E-state index contributed by atoms with van der Waals surface area (Å²) in [5, 5.41) is 5.75. The van der Waals surface area contributed by atoms with E-state index in [1.165, 1.54) is 13.2 Å². The molecule has 1 N–H and O–H groups in total. The van der Waals surface area contributed by atoms with Crippen molar-refractivity contribution in [2.45, 2.75) is 26.9 Å². The number of esters is 1. The minimum atomic E-state index is -0.507. The van der Waals surface area contributed by atoms with E-state index < -0.39 is 5.92 Å². The molecule has 0 radical (unpaired) electrons. The summed E-state index contributed by atoms with van der Waals surface area (Å²) in [4.78, 5) is 29.2. The third-order valence-electron chi connectivity index (χ3n) is 5.15. The molecule has 184 valence electrons. The second-order valence-corrected chi connectivity index (χ2v) is 8.83. The number of hydrogen-bond acceptors (Lipinski definition) is 7. The van der Waals surface area contributed by atoms with Crippen molar-refractivity contribution in [1.82, 2.24) is 10.3 Å². The Morgan fingerprint density at radius 2 is 1.89 bits per heavy atom. The fourth-order valence-corrected chi connectivity index (χ4v) is 4.00. The van der Waals surface area contributed by atoms with Crippen LogP contribution in [0.3, 0.4) is 0 Å². The molecule has 0 spiro atoms. The van der Waals surface area contributed by atoms with Crippen LogP contribution in [0.2, 0.25) is 0 Å². The zero-order valence-corrected chi connectivity index (χ0v) is 21.0. The maximum Gasteiger partial charge on any atom is 0.310 e. The largest absolute Gasteiger partial charge is 0.494 e. The van der Waals surface area contributed by atoms with Crippen LogP contribution in [0, 0.1) is 12.8 Å². The molecule has 0 aliphatic carbocycles. The van der Waals surface area contributed by atoms with Crippen LogP contribution in [0.4, 0.5) is 0 Å². The van der Waals surface area contributed by atoms with Gasteiger partial charge in [-0.15, -0.1) is 11.3 Å². The molecule has 0 saturated heterocycles. The van der Waals surface area contributed by atoms with E-state index in [-0.39, 0.29) is 18.4 Å². The number of thiazole rings is 1. The number of carbonyl (C=O) groups is 2. The Morgan fingerprint density at radius 3 is 2.57 bits per heavy atom. The third kappa shape index (κ3) is 8.26. The molecule has 3 rings (SSSR count). The molecule has 0 aliphatic rings. The van der Waals surface area contributed by atoms with Crippen molar-refractivity contribution < 1.29 is 23.8 Å². The standard InChI is InChI=1S/C27H30N2O5S/c1-4-33-24-12-9-20(10-13-24)15-22(27(31)32-3)16-28-26(30)14-11-21-7-5-6-8-25(21)34-17-23-18-35-19(2)29-23/h5-14,18,22H,4,15-17H2,1-3H3,(H,28,30)/b14-11+/t22-/m1/s1. The Hall–Kier alpha value is -3.65. The summed E-state index contributed by atoms with van der Waals surface area (Å²) in [6, 6.07) is 15.0. The maximum absolute atomic E-state index is 12.5. The first-order valence-corrected chi connectivity index (χ1v) is 12.2. The van der Waals surface area contributed by atoms with E-state index in [9.17, 15) is 9.59 Å². The second kappa shape index (κ2) is 13.3. The molecule has 8 heteroatoms. The van der Waals surface area contributed by atoms with E-state index >= 15 is 0 Å². The van der Waals surface area contributed by atoms with E-state index in [1.54, 1.807) is 17.4 Å². The minimum Gasteiger partial charge on any atom is -0.494 e. The van der Waals surface area contributed by atoms with Crippen LogP contribution in [0.25, 0.3) is 6.08 Å². The zero-order valence-electron chi connectivity index (χ0n) is 20.2. The number of carbonyl (C=O) groups excluding carboxylic acids is 2. The predicted octanol–water partition coefficient (Wildman–Crippen LogP) is 4.59. The van der Waals surface area contributed by atoms with Crippen LogP contribution in [0.15, 0.2) is 60.0 Å². The molecule has 7 nitrogen and oxygen atoms in total. The highest BCUT2D eigenvalue weighted by Crippen LogP contribution is 2.21. The number of benzene rings is 2. The first kappa shape index (κ1) is 26.0. The second-order valence-electron chi connectivity index (χ2n) is 7.76. The molecule has 0 aliphatic heterocycles. The number of para-hydroxylation sites is 1. The number of amides is 1. The average molecular weight is 495 g/mol. The Bertz CT molecular complexity index is 1140. The highest BCUT2D eigenvalue weighted by atomic mass is 32.1. The molecule has 2 aromatic carbocycles. The van der Waals surface area contributed by atoms with Gasteiger partial charge in [0.25, 0.3) is 0 Å². The van der Waals surface area contributed by atoms with E-state index in [4.69, 9.17) is 14.2 Å². The number of aromatic nitrogens is 1. The van der Waals surface area contributed by atoms with Gasteiger partial charge in [0.1, 0.15) is 18.1 Å². The van der Waals surface area contributed by atoms with Gasteiger partial charge in [-0.1, -0.05) is 30.3 Å². The van der Waals surface area contributed by atoms with Crippen molar-refractivity contribution in [3.05, 3.63) is 81.8 Å². The fraction of sp³-hybridized carbons (Fsp3) is 0.296. The molecule has 1 atom stereocenters. The Labute approximate surface area is 209 Å². The number of aryl methyl sites for hydroxylation is 1. The highest BCUT2D eigenvalue weighted by Gasteiger charge is 2.20. The molecule has 0 saturated carbocycles. The summed E-state index contributed by atoms with van der Waals surface area (Å²) in [6.45, 7) is 4.98. The molecule has 0 unspecified atom stereocenters. The Morgan fingerprint density at radius 1 is 1.11 bits per heavy atom. The van der Waals surface area contributed by atoms with Crippen molar-refractivity contribution >= 4 is 29.3 Å². The van der Waals surface area contributed by atoms with Crippen LogP contribution in [0.5, 0.6) is 11.5 Å². The van der Waals surface area contributed by atoms with Crippen molar-refractivity contribution in [2.75, 3.05) is 20.3 Å². The number of rotatable bonds is 12. The molecular formula is C27H30N2O5S. The van der Waals surface area contributed by atoms with Gasteiger partial charge in [0.15, 0.2) is 0 Å². The maximum atomic E-state index is 12.5. The molecule has 1 heterocycles. The predicted molar refractivity (Wildman–Crippen MR) is 136 cm³/mol. The number of ether oxygens (including phenoxy) is 3. The SMILES string of the molecule is CCOc1ccc(C[C@H](CNC(=O)/C=C/c2ccccc2OCc2csc(C)n2)C(=O)OC)cc1. The van der Waals surface area contributed by atoms with Gasteiger partial charge in [0.2, 0.25) is 5.91 Å². The van der Waals surface area contributed by atoms with Gasteiger partial charge in [-0.25, -0.2) is 4.98 Å². The molecule has 3 aromatic rings. The van der Waals surface area contributed by atoms with Crippen LogP contribution in [0.1, 0.15) is 28.8 Å². The average Bonchev–Trinajstić information content (AvgIpc) is 3.30. The van der Waals surface area contributed by atoms with E-state index in [2.05, 4.69) is 10.3 Å². The number of methoxy groups -OCH3 is 1. The Balaban J connectivity index is 1.57. The van der Waals surface area contributed by atoms with Crippen molar-refractivity contribution in [1.29, 1.82) is 0 Å². The summed E-state index contributed by atoms with van der Waals surface area (Å²) in [6.07, 6.45) is 3.56. The van der Waals surface area contributed by atoms with Crippen LogP contribution in [-0.4, -0.2) is 37.1 Å². The molecular weight excluding hydrogens is 464 g/mol. The first-order chi connectivity index (χ1) is 17.0. The van der Waals surface area contributed by atoms with E-state index in [0.29, 0.717) is 25.4 Å². The van der Waals surface area contributed by atoms with Crippen molar-refractivity contribution in [2.24, 2.45) is 5.92 Å². The van der Waals surface area contributed by atoms with Gasteiger partial charge in [0, 0.05) is 23.6 Å². The monoisotopic (exact) mass is 494 g/mol. The number of nitrogens with zero attached hydrogens (tertiary/aromatic N) is 1. The summed E-state index contributed by atoms with van der Waals surface area (Å²) < 4.78 is 16.3. The van der Waals surface area contributed by atoms with E-state index in [0.717, 1.165) is 27.6 Å². The summed E-state index contributed by atoms with van der Waals surface area (Å²) >= 11 is 1.58. The lowest BCUT2D eigenvalue weighted by Gasteiger charge is -2.15. The molecule has 0 bridgehead atoms. The van der Waals surface area contributed by atoms with Gasteiger partial charge in [-0.05, 0) is 50.1 Å². The third-order valence-corrected chi connectivity index (χ3v) is 5.97. The zero-order chi connectivity index (χ0) is 25.0. The van der Waals surface area contributed by atoms with Crippen molar-refractivity contribution in [3.8, 4) is 11.5 Å². The van der Waals surface area contributed by atoms with Gasteiger partial charge in [0.05, 0.1) is 30.3 Å². The van der Waals surface area contributed by atoms with Crippen LogP contribution < -0.4 is 14.8 Å². The lowest BCUT2D eigenvalue weighted by atomic mass is 9.99. The molecule has 35 heavy (non-hydrogen) atoms. The molecule has 1 amide bonds. The van der Waals surface area contributed by atoms with Crippen LogP contribution >= 0.6 is 11.3 Å². The topological polar surface area (TPSA) is 86.8 Å². The van der Waals surface area contributed by atoms with Gasteiger partial charge >= 0.3 is 5.97 Å². The van der Waals surface area contributed by atoms with Crippen LogP contribution in [-0.2, 0) is 27.4 Å².